The maximum absolute atomic E-state index is 12.9. The molecular formula is C18H14BrFN2O2. The standard InChI is InChI=1S/C18H14BrFN2O2/c1-11-16(10-17(23)21-15-7-5-14(20)6-8-15)22-18(24-11)12-3-2-4-13(19)9-12/h2-9H,10H2,1H3,(H,21,23). The number of oxazole rings is 1. The molecule has 1 aromatic heterocycles. The lowest BCUT2D eigenvalue weighted by atomic mass is 10.2. The van der Waals surface area contributed by atoms with E-state index in [2.05, 4.69) is 26.2 Å². The van der Waals surface area contributed by atoms with E-state index in [1.165, 1.54) is 24.3 Å². The Labute approximate surface area is 146 Å². The van der Waals surface area contributed by atoms with Crippen LogP contribution in [0.25, 0.3) is 11.5 Å². The first-order chi connectivity index (χ1) is 11.5. The van der Waals surface area contributed by atoms with E-state index in [9.17, 15) is 9.18 Å². The van der Waals surface area contributed by atoms with Crippen molar-refractivity contribution in [1.29, 1.82) is 0 Å². The van der Waals surface area contributed by atoms with Crippen LogP contribution in [0.5, 0.6) is 0 Å². The number of nitrogens with one attached hydrogen (secondary N) is 1. The molecule has 1 amide bonds. The number of halogens is 2. The molecule has 0 unspecified atom stereocenters. The average molecular weight is 389 g/mol. The molecule has 2 aromatic carbocycles. The zero-order chi connectivity index (χ0) is 17.1. The molecule has 0 saturated heterocycles. The van der Waals surface area contributed by atoms with Crippen LogP contribution in [-0.4, -0.2) is 10.9 Å². The summed E-state index contributed by atoms with van der Waals surface area (Å²) in [5, 5.41) is 2.71. The molecule has 0 saturated carbocycles. The summed E-state index contributed by atoms with van der Waals surface area (Å²) in [5.41, 5.74) is 1.94. The largest absolute Gasteiger partial charge is 0.441 e. The van der Waals surface area contributed by atoms with Gasteiger partial charge in [-0.1, -0.05) is 22.0 Å². The van der Waals surface area contributed by atoms with Crippen molar-refractivity contribution in [2.24, 2.45) is 0 Å². The van der Waals surface area contributed by atoms with Crippen LogP contribution in [0.2, 0.25) is 0 Å². The number of hydrogen-bond acceptors (Lipinski definition) is 3. The highest BCUT2D eigenvalue weighted by atomic mass is 79.9. The van der Waals surface area contributed by atoms with E-state index in [4.69, 9.17) is 4.42 Å². The molecule has 1 N–H and O–H groups in total. The molecule has 0 fully saturated rings. The first kappa shape index (κ1) is 16.4. The van der Waals surface area contributed by atoms with Crippen LogP contribution in [0, 0.1) is 12.7 Å². The van der Waals surface area contributed by atoms with Crippen molar-refractivity contribution in [3.05, 3.63) is 70.3 Å². The maximum Gasteiger partial charge on any atom is 0.230 e. The minimum Gasteiger partial charge on any atom is -0.441 e. The summed E-state index contributed by atoms with van der Waals surface area (Å²) in [6.07, 6.45) is 0.0840. The smallest absolute Gasteiger partial charge is 0.230 e. The van der Waals surface area contributed by atoms with Crippen LogP contribution in [-0.2, 0) is 11.2 Å². The summed E-state index contributed by atoms with van der Waals surface area (Å²) in [5.74, 6) is 0.482. The van der Waals surface area contributed by atoms with Gasteiger partial charge in [0.15, 0.2) is 0 Å². The fraction of sp³-hybridized carbons (Fsp3) is 0.111. The molecule has 0 aliphatic heterocycles. The fourth-order valence-electron chi connectivity index (χ4n) is 2.23. The van der Waals surface area contributed by atoms with E-state index < -0.39 is 0 Å². The van der Waals surface area contributed by atoms with Crippen LogP contribution in [0.1, 0.15) is 11.5 Å². The molecule has 3 aromatic rings. The lowest BCUT2D eigenvalue weighted by Crippen LogP contribution is -2.15. The summed E-state index contributed by atoms with van der Waals surface area (Å²) >= 11 is 3.41. The fourth-order valence-corrected chi connectivity index (χ4v) is 2.63. The third-order valence-electron chi connectivity index (χ3n) is 3.42. The Balaban J connectivity index is 1.73. The van der Waals surface area contributed by atoms with Gasteiger partial charge in [0.1, 0.15) is 11.6 Å². The Morgan fingerprint density at radius 1 is 1.25 bits per heavy atom. The van der Waals surface area contributed by atoms with Crippen LogP contribution in [0.4, 0.5) is 10.1 Å². The number of carbonyl (C=O) groups excluding carboxylic acids is 1. The van der Waals surface area contributed by atoms with Gasteiger partial charge in [-0.25, -0.2) is 9.37 Å². The third-order valence-corrected chi connectivity index (χ3v) is 3.91. The quantitative estimate of drug-likeness (QED) is 0.702. The van der Waals surface area contributed by atoms with Gasteiger partial charge in [-0.2, -0.15) is 0 Å². The van der Waals surface area contributed by atoms with Crippen molar-refractivity contribution in [3.63, 3.8) is 0 Å². The van der Waals surface area contributed by atoms with Gasteiger partial charge < -0.3 is 9.73 Å². The Morgan fingerprint density at radius 3 is 2.71 bits per heavy atom. The van der Waals surface area contributed by atoms with E-state index >= 15 is 0 Å². The van der Waals surface area contributed by atoms with Crippen LogP contribution in [0.15, 0.2) is 57.4 Å². The molecule has 3 rings (SSSR count). The predicted molar refractivity (Wildman–Crippen MR) is 93.1 cm³/mol. The minimum atomic E-state index is -0.348. The molecule has 0 aliphatic carbocycles. The Hall–Kier alpha value is -2.47. The predicted octanol–water partition coefficient (Wildman–Crippen LogP) is 4.73. The van der Waals surface area contributed by atoms with Gasteiger partial charge in [-0.15, -0.1) is 0 Å². The number of nitrogens with zero attached hydrogens (tertiary/aromatic N) is 1. The second-order valence-corrected chi connectivity index (χ2v) is 6.18. The summed E-state index contributed by atoms with van der Waals surface area (Å²) in [6.45, 7) is 1.77. The maximum atomic E-state index is 12.9. The number of amides is 1. The zero-order valence-electron chi connectivity index (χ0n) is 12.8. The van der Waals surface area contributed by atoms with Gasteiger partial charge in [-0.05, 0) is 49.4 Å². The number of aromatic nitrogens is 1. The molecule has 0 spiro atoms. The minimum absolute atomic E-state index is 0.0840. The third kappa shape index (κ3) is 3.89. The molecule has 0 atom stereocenters. The zero-order valence-corrected chi connectivity index (χ0v) is 14.4. The van der Waals surface area contributed by atoms with Crippen molar-refractivity contribution in [2.75, 3.05) is 5.32 Å². The van der Waals surface area contributed by atoms with Gasteiger partial charge in [-0.3, -0.25) is 4.79 Å². The van der Waals surface area contributed by atoms with Crippen LogP contribution in [0.3, 0.4) is 0 Å². The molecule has 6 heteroatoms. The monoisotopic (exact) mass is 388 g/mol. The molecular weight excluding hydrogens is 375 g/mol. The average Bonchev–Trinajstić information content (AvgIpc) is 2.90. The summed E-state index contributed by atoms with van der Waals surface area (Å²) in [7, 11) is 0. The van der Waals surface area contributed by atoms with Gasteiger partial charge in [0.2, 0.25) is 11.8 Å². The Bertz CT molecular complexity index is 875. The van der Waals surface area contributed by atoms with Crippen molar-refractivity contribution < 1.29 is 13.6 Å². The molecule has 0 bridgehead atoms. The molecule has 4 nitrogen and oxygen atoms in total. The van der Waals surface area contributed by atoms with Crippen molar-refractivity contribution in [1.82, 2.24) is 4.98 Å². The number of rotatable bonds is 4. The van der Waals surface area contributed by atoms with E-state index in [-0.39, 0.29) is 18.1 Å². The lowest BCUT2D eigenvalue weighted by Gasteiger charge is -2.03. The van der Waals surface area contributed by atoms with Crippen LogP contribution >= 0.6 is 15.9 Å². The SMILES string of the molecule is Cc1oc(-c2cccc(Br)c2)nc1CC(=O)Nc1ccc(F)cc1. The van der Waals surface area contributed by atoms with Gasteiger partial charge in [0.05, 0.1) is 12.1 Å². The molecule has 0 aliphatic rings. The summed E-state index contributed by atoms with van der Waals surface area (Å²) in [6, 6.07) is 13.2. The van der Waals surface area contributed by atoms with Crippen LogP contribution < -0.4 is 5.32 Å². The van der Waals surface area contributed by atoms with E-state index in [1.54, 1.807) is 6.92 Å². The highest BCUT2D eigenvalue weighted by molar-refractivity contribution is 9.10. The van der Waals surface area contributed by atoms with Gasteiger partial charge in [0, 0.05) is 15.7 Å². The number of aryl methyl sites for hydroxylation is 1. The van der Waals surface area contributed by atoms with Crippen molar-refractivity contribution in [2.45, 2.75) is 13.3 Å². The Kier molecular flexibility index (Phi) is 4.76. The number of carbonyl (C=O) groups is 1. The number of benzene rings is 2. The van der Waals surface area contributed by atoms with Crippen molar-refractivity contribution >= 4 is 27.5 Å². The van der Waals surface area contributed by atoms with E-state index in [1.807, 2.05) is 24.3 Å². The highest BCUT2D eigenvalue weighted by Crippen LogP contribution is 2.24. The highest BCUT2D eigenvalue weighted by Gasteiger charge is 2.15. The number of anilines is 1. The summed E-state index contributed by atoms with van der Waals surface area (Å²) < 4.78 is 19.5. The van der Waals surface area contributed by atoms with E-state index in [0.29, 0.717) is 23.0 Å². The molecule has 122 valence electrons. The topological polar surface area (TPSA) is 55.1 Å². The molecule has 1 heterocycles. The first-order valence-electron chi connectivity index (χ1n) is 7.29. The second kappa shape index (κ2) is 6.97. The van der Waals surface area contributed by atoms with E-state index in [0.717, 1.165) is 10.0 Å². The summed E-state index contributed by atoms with van der Waals surface area (Å²) in [4.78, 5) is 16.5. The van der Waals surface area contributed by atoms with Crippen molar-refractivity contribution in [3.8, 4) is 11.5 Å². The molecule has 24 heavy (non-hydrogen) atoms. The Morgan fingerprint density at radius 2 is 2.00 bits per heavy atom. The second-order valence-electron chi connectivity index (χ2n) is 5.26. The lowest BCUT2D eigenvalue weighted by molar-refractivity contribution is -0.115. The number of hydrogen-bond donors (Lipinski definition) is 1. The first-order valence-corrected chi connectivity index (χ1v) is 8.08. The normalized spacial score (nSPS) is 10.6. The van der Waals surface area contributed by atoms with Gasteiger partial charge in [0.25, 0.3) is 0 Å². The molecule has 0 radical (unpaired) electrons. The van der Waals surface area contributed by atoms with Gasteiger partial charge >= 0.3 is 0 Å².